The Hall–Kier alpha value is -3.26. The summed E-state index contributed by atoms with van der Waals surface area (Å²) in [6, 6.07) is 8.93. The van der Waals surface area contributed by atoms with Gasteiger partial charge in [0.1, 0.15) is 5.69 Å². The first-order valence-electron chi connectivity index (χ1n) is 8.66. The SMILES string of the molecule is C/C(=N\NC(=O)c1csc(C)c1C)c1cccc(NC(=O)c2ccnn2C)c1. The molecule has 0 saturated heterocycles. The second-order valence-corrected chi connectivity index (χ2v) is 7.43. The first-order chi connectivity index (χ1) is 13.4. The van der Waals surface area contributed by atoms with Crippen LogP contribution in [0.25, 0.3) is 0 Å². The van der Waals surface area contributed by atoms with Crippen LogP contribution in [-0.2, 0) is 7.05 Å². The van der Waals surface area contributed by atoms with Gasteiger partial charge in [-0.15, -0.1) is 11.3 Å². The van der Waals surface area contributed by atoms with Gasteiger partial charge < -0.3 is 5.32 Å². The number of anilines is 1. The van der Waals surface area contributed by atoms with Crippen molar-refractivity contribution in [1.82, 2.24) is 15.2 Å². The predicted molar refractivity (Wildman–Crippen MR) is 111 cm³/mol. The molecule has 144 valence electrons. The molecule has 0 aliphatic rings. The molecule has 2 heterocycles. The number of hydrogen-bond acceptors (Lipinski definition) is 5. The molecule has 0 unspecified atom stereocenters. The monoisotopic (exact) mass is 395 g/mol. The molecule has 0 fully saturated rings. The molecule has 3 aromatic rings. The van der Waals surface area contributed by atoms with Crippen molar-refractivity contribution >= 4 is 34.6 Å². The molecule has 8 heteroatoms. The van der Waals surface area contributed by atoms with Crippen LogP contribution >= 0.6 is 11.3 Å². The van der Waals surface area contributed by atoms with Gasteiger partial charge in [-0.05, 0) is 50.1 Å². The summed E-state index contributed by atoms with van der Waals surface area (Å²) in [6.45, 7) is 5.70. The maximum absolute atomic E-state index is 12.3. The number of carbonyl (C=O) groups is 2. The number of carbonyl (C=O) groups excluding carboxylic acids is 2. The summed E-state index contributed by atoms with van der Waals surface area (Å²) < 4.78 is 1.51. The number of aryl methyl sites for hydroxylation is 2. The Morgan fingerprint density at radius 2 is 1.96 bits per heavy atom. The van der Waals surface area contributed by atoms with Crippen LogP contribution in [0.5, 0.6) is 0 Å². The molecule has 1 aromatic carbocycles. The molecule has 0 saturated carbocycles. The number of benzene rings is 1. The van der Waals surface area contributed by atoms with E-state index >= 15 is 0 Å². The van der Waals surface area contributed by atoms with E-state index in [2.05, 4.69) is 20.9 Å². The molecule has 0 radical (unpaired) electrons. The lowest BCUT2D eigenvalue weighted by Gasteiger charge is -2.08. The summed E-state index contributed by atoms with van der Waals surface area (Å²) in [7, 11) is 1.71. The quantitative estimate of drug-likeness (QED) is 0.512. The Kier molecular flexibility index (Phi) is 5.70. The van der Waals surface area contributed by atoms with E-state index in [-0.39, 0.29) is 11.8 Å². The molecule has 0 spiro atoms. The van der Waals surface area contributed by atoms with Crippen molar-refractivity contribution in [3.05, 3.63) is 69.2 Å². The summed E-state index contributed by atoms with van der Waals surface area (Å²) in [5.74, 6) is -0.481. The van der Waals surface area contributed by atoms with Gasteiger partial charge >= 0.3 is 0 Å². The Morgan fingerprint density at radius 1 is 1.18 bits per heavy atom. The highest BCUT2D eigenvalue weighted by molar-refractivity contribution is 7.10. The highest BCUT2D eigenvalue weighted by Crippen LogP contribution is 2.20. The number of rotatable bonds is 5. The Labute approximate surface area is 167 Å². The number of nitrogens with zero attached hydrogens (tertiary/aromatic N) is 3. The van der Waals surface area contributed by atoms with Crippen LogP contribution in [0.2, 0.25) is 0 Å². The fraction of sp³-hybridized carbons (Fsp3) is 0.200. The number of nitrogens with one attached hydrogen (secondary N) is 2. The van der Waals surface area contributed by atoms with Gasteiger partial charge in [0.25, 0.3) is 11.8 Å². The van der Waals surface area contributed by atoms with Gasteiger partial charge in [-0.3, -0.25) is 14.3 Å². The zero-order valence-electron chi connectivity index (χ0n) is 16.1. The summed E-state index contributed by atoms with van der Waals surface area (Å²) in [5.41, 5.74) is 6.72. The van der Waals surface area contributed by atoms with E-state index in [1.165, 1.54) is 4.68 Å². The lowest BCUT2D eigenvalue weighted by Crippen LogP contribution is -2.20. The number of aromatic nitrogens is 2. The van der Waals surface area contributed by atoms with E-state index in [1.807, 2.05) is 31.4 Å². The lowest BCUT2D eigenvalue weighted by atomic mass is 10.1. The average molecular weight is 395 g/mol. The molecule has 0 aliphatic carbocycles. The van der Waals surface area contributed by atoms with E-state index in [4.69, 9.17) is 0 Å². The number of amides is 2. The summed E-state index contributed by atoms with van der Waals surface area (Å²) in [6.07, 6.45) is 1.57. The average Bonchev–Trinajstić information content (AvgIpc) is 3.25. The molecule has 28 heavy (non-hydrogen) atoms. The molecule has 2 amide bonds. The topological polar surface area (TPSA) is 88.4 Å². The number of thiophene rings is 1. The minimum Gasteiger partial charge on any atom is -0.321 e. The zero-order chi connectivity index (χ0) is 20.3. The largest absolute Gasteiger partial charge is 0.321 e. The van der Waals surface area contributed by atoms with Gasteiger partial charge in [0, 0.05) is 29.2 Å². The number of hydrazone groups is 1. The van der Waals surface area contributed by atoms with Crippen molar-refractivity contribution in [1.29, 1.82) is 0 Å². The smallest absolute Gasteiger partial charge is 0.273 e. The van der Waals surface area contributed by atoms with Gasteiger partial charge in [-0.2, -0.15) is 10.2 Å². The number of hydrogen-bond donors (Lipinski definition) is 2. The van der Waals surface area contributed by atoms with Crippen LogP contribution in [0.15, 0.2) is 47.0 Å². The second kappa shape index (κ2) is 8.18. The van der Waals surface area contributed by atoms with Crippen molar-refractivity contribution in [2.24, 2.45) is 12.1 Å². The molecule has 7 nitrogen and oxygen atoms in total. The minimum absolute atomic E-state index is 0.234. The predicted octanol–water partition coefficient (Wildman–Crippen LogP) is 3.50. The third-order valence-corrected chi connectivity index (χ3v) is 5.46. The third kappa shape index (κ3) is 4.17. The molecule has 3 rings (SSSR count). The molecular formula is C20H21N5O2S. The minimum atomic E-state index is -0.247. The van der Waals surface area contributed by atoms with Crippen LogP contribution in [-0.4, -0.2) is 27.3 Å². The van der Waals surface area contributed by atoms with Crippen molar-refractivity contribution in [2.45, 2.75) is 20.8 Å². The van der Waals surface area contributed by atoms with E-state index in [9.17, 15) is 9.59 Å². The zero-order valence-corrected chi connectivity index (χ0v) is 16.9. The fourth-order valence-electron chi connectivity index (χ4n) is 2.61. The first-order valence-corrected chi connectivity index (χ1v) is 9.54. The Morgan fingerprint density at radius 3 is 2.61 bits per heavy atom. The van der Waals surface area contributed by atoms with Gasteiger partial charge in [0.15, 0.2) is 0 Å². The molecule has 0 atom stereocenters. The molecule has 0 aliphatic heterocycles. The lowest BCUT2D eigenvalue weighted by molar-refractivity contribution is 0.0953. The Balaban J connectivity index is 1.71. The van der Waals surface area contributed by atoms with E-state index < -0.39 is 0 Å². The van der Waals surface area contributed by atoms with Gasteiger partial charge in [0.2, 0.25) is 0 Å². The normalized spacial score (nSPS) is 11.4. The summed E-state index contributed by atoms with van der Waals surface area (Å²) in [5, 5.41) is 12.9. The highest BCUT2D eigenvalue weighted by Gasteiger charge is 2.13. The second-order valence-electron chi connectivity index (χ2n) is 6.34. The highest BCUT2D eigenvalue weighted by atomic mass is 32.1. The standard InChI is InChI=1S/C20H21N5O2S/c1-12-14(3)28-11-17(12)19(26)24-23-13(2)15-6-5-7-16(10-15)22-20(27)18-8-9-21-25(18)4/h5-11H,1-4H3,(H,22,27)(H,24,26)/b23-13+. The molecular weight excluding hydrogens is 374 g/mol. The molecule has 2 aromatic heterocycles. The van der Waals surface area contributed by atoms with Crippen LogP contribution < -0.4 is 10.7 Å². The van der Waals surface area contributed by atoms with Crippen molar-refractivity contribution in [3.8, 4) is 0 Å². The van der Waals surface area contributed by atoms with Gasteiger partial charge in [-0.1, -0.05) is 12.1 Å². The van der Waals surface area contributed by atoms with Crippen molar-refractivity contribution < 1.29 is 9.59 Å². The van der Waals surface area contributed by atoms with Crippen molar-refractivity contribution in [3.63, 3.8) is 0 Å². The van der Waals surface area contributed by atoms with Crippen molar-refractivity contribution in [2.75, 3.05) is 5.32 Å². The van der Waals surface area contributed by atoms with E-state index in [1.54, 1.807) is 49.7 Å². The van der Waals surface area contributed by atoms with Crippen LogP contribution in [0.4, 0.5) is 5.69 Å². The fourth-order valence-corrected chi connectivity index (χ4v) is 3.48. The van der Waals surface area contributed by atoms with E-state index in [0.717, 1.165) is 16.0 Å². The molecule has 0 bridgehead atoms. The first kappa shape index (κ1) is 19.5. The van der Waals surface area contributed by atoms with Crippen LogP contribution in [0.3, 0.4) is 0 Å². The summed E-state index contributed by atoms with van der Waals surface area (Å²) >= 11 is 1.54. The Bertz CT molecular complexity index is 1060. The third-order valence-electron chi connectivity index (χ3n) is 4.45. The summed E-state index contributed by atoms with van der Waals surface area (Å²) in [4.78, 5) is 25.8. The van der Waals surface area contributed by atoms with Gasteiger partial charge in [-0.25, -0.2) is 5.43 Å². The maximum atomic E-state index is 12.3. The van der Waals surface area contributed by atoms with E-state index in [0.29, 0.717) is 22.7 Å². The maximum Gasteiger partial charge on any atom is 0.273 e. The van der Waals surface area contributed by atoms with Gasteiger partial charge in [0.05, 0.1) is 11.3 Å². The van der Waals surface area contributed by atoms with Crippen LogP contribution in [0, 0.1) is 13.8 Å². The molecule has 2 N–H and O–H groups in total. The van der Waals surface area contributed by atoms with Crippen LogP contribution in [0.1, 0.15) is 43.8 Å².